The molecule has 4 rings (SSSR count). The second-order valence-corrected chi connectivity index (χ2v) is 9.37. The van der Waals surface area contributed by atoms with Crippen molar-refractivity contribution in [1.29, 1.82) is 0 Å². The van der Waals surface area contributed by atoms with E-state index in [1.54, 1.807) is 41.3 Å². The summed E-state index contributed by atoms with van der Waals surface area (Å²) in [4.78, 5) is 12.6. The molecule has 4 nitrogen and oxygen atoms in total. The zero-order valence-electron chi connectivity index (χ0n) is 19.8. The molecule has 1 heterocycles. The number of benzene rings is 3. The van der Waals surface area contributed by atoms with E-state index in [1.807, 2.05) is 24.3 Å². The Labute approximate surface area is 204 Å². The van der Waals surface area contributed by atoms with Crippen molar-refractivity contribution in [2.75, 3.05) is 11.4 Å². The summed E-state index contributed by atoms with van der Waals surface area (Å²) >= 11 is 0. The Morgan fingerprint density at radius 3 is 2.34 bits per heavy atom. The molecule has 2 N–H and O–H groups in total. The van der Waals surface area contributed by atoms with Crippen molar-refractivity contribution in [3.05, 3.63) is 101 Å². The Balaban J connectivity index is 1.87. The molecule has 1 atom stereocenters. The van der Waals surface area contributed by atoms with Crippen LogP contribution >= 0.6 is 0 Å². The van der Waals surface area contributed by atoms with Gasteiger partial charge in [-0.2, -0.15) is 0 Å². The highest BCUT2D eigenvalue weighted by molar-refractivity contribution is 5.85. The Hall–Kier alpha value is -3.67. The fraction of sp³-hybridized carbons (Fsp3) is 0.276. The summed E-state index contributed by atoms with van der Waals surface area (Å²) in [5, 5.41) is 18.9. The van der Waals surface area contributed by atoms with Crippen LogP contribution in [0.25, 0.3) is 6.08 Å². The van der Waals surface area contributed by atoms with Crippen LogP contribution in [0.2, 0.25) is 0 Å². The normalized spacial score (nSPS) is 17.8. The quantitative estimate of drug-likeness (QED) is 0.394. The van der Waals surface area contributed by atoms with Gasteiger partial charge in [0.05, 0.1) is 0 Å². The van der Waals surface area contributed by atoms with Crippen LogP contribution in [0, 0.1) is 5.92 Å². The van der Waals surface area contributed by atoms with E-state index < -0.39 is 17.9 Å². The molecular formula is C29H29F2NO3. The number of carboxylic acids is 1. The zero-order chi connectivity index (χ0) is 25.2. The number of aromatic hydroxyl groups is 1. The number of carbonyl (C=O) groups is 1. The molecule has 182 valence electrons. The van der Waals surface area contributed by atoms with Crippen molar-refractivity contribution in [1.82, 2.24) is 0 Å². The Bertz CT molecular complexity index is 1220. The monoisotopic (exact) mass is 477 g/mol. The number of alkyl halides is 2. The molecule has 3 aromatic rings. The van der Waals surface area contributed by atoms with Gasteiger partial charge >= 0.3 is 5.97 Å². The third kappa shape index (κ3) is 4.78. The Morgan fingerprint density at radius 2 is 1.74 bits per heavy atom. The third-order valence-corrected chi connectivity index (χ3v) is 6.51. The lowest BCUT2D eigenvalue weighted by molar-refractivity contribution is -0.131. The number of fused-ring (bicyclic) bond motifs is 1. The predicted molar refractivity (Wildman–Crippen MR) is 134 cm³/mol. The molecule has 35 heavy (non-hydrogen) atoms. The van der Waals surface area contributed by atoms with Gasteiger partial charge < -0.3 is 15.1 Å². The smallest absolute Gasteiger partial charge is 0.328 e. The van der Waals surface area contributed by atoms with E-state index in [0.717, 1.165) is 18.1 Å². The van der Waals surface area contributed by atoms with Crippen LogP contribution in [0.3, 0.4) is 0 Å². The predicted octanol–water partition coefficient (Wildman–Crippen LogP) is 6.26. The van der Waals surface area contributed by atoms with Gasteiger partial charge in [-0.05, 0) is 76.9 Å². The first-order valence-electron chi connectivity index (χ1n) is 11.7. The molecule has 1 aliphatic rings. The van der Waals surface area contributed by atoms with Crippen molar-refractivity contribution in [2.45, 2.75) is 38.7 Å². The van der Waals surface area contributed by atoms with Gasteiger partial charge in [0.1, 0.15) is 5.75 Å². The number of rotatable bonds is 7. The maximum absolute atomic E-state index is 15.4. The highest BCUT2D eigenvalue weighted by Gasteiger charge is 2.51. The number of phenols is 1. The van der Waals surface area contributed by atoms with Crippen molar-refractivity contribution < 1.29 is 23.8 Å². The molecule has 1 unspecified atom stereocenters. The van der Waals surface area contributed by atoms with Crippen molar-refractivity contribution >= 4 is 17.7 Å². The zero-order valence-corrected chi connectivity index (χ0v) is 19.8. The molecule has 0 fully saturated rings. The maximum Gasteiger partial charge on any atom is 0.328 e. The van der Waals surface area contributed by atoms with Gasteiger partial charge in [0.15, 0.2) is 5.54 Å². The molecule has 0 saturated carbocycles. The van der Waals surface area contributed by atoms with Gasteiger partial charge in [-0.1, -0.05) is 56.3 Å². The number of nitrogens with zero attached hydrogens (tertiary/aromatic N) is 1. The van der Waals surface area contributed by atoms with Crippen molar-refractivity contribution in [3.63, 3.8) is 0 Å². The molecule has 0 radical (unpaired) electrons. The van der Waals surface area contributed by atoms with Crippen LogP contribution in [0.5, 0.6) is 5.75 Å². The average molecular weight is 478 g/mol. The lowest BCUT2D eigenvalue weighted by atomic mass is 9.75. The van der Waals surface area contributed by atoms with E-state index in [0.29, 0.717) is 46.8 Å². The lowest BCUT2D eigenvalue weighted by Gasteiger charge is -2.49. The molecular weight excluding hydrogens is 448 g/mol. The van der Waals surface area contributed by atoms with Crippen LogP contribution < -0.4 is 4.90 Å². The number of anilines is 1. The largest absolute Gasteiger partial charge is 0.508 e. The molecule has 3 aromatic carbocycles. The van der Waals surface area contributed by atoms with E-state index in [-0.39, 0.29) is 5.75 Å². The van der Waals surface area contributed by atoms with Gasteiger partial charge in [-0.25, -0.2) is 13.6 Å². The Kier molecular flexibility index (Phi) is 6.92. The number of carboxylic acid groups (broad SMARTS) is 1. The van der Waals surface area contributed by atoms with Crippen molar-refractivity contribution in [3.8, 4) is 5.75 Å². The maximum atomic E-state index is 15.4. The van der Waals surface area contributed by atoms with Gasteiger partial charge in [0, 0.05) is 18.3 Å². The SMILES string of the molecule is CC(C)Cc1ccc(N2CCc3cc(O)ccc3C2(c2ccc(C=CC(=O)O)cc2)C(F)F)cc1. The molecule has 0 bridgehead atoms. The summed E-state index contributed by atoms with van der Waals surface area (Å²) in [7, 11) is 0. The average Bonchev–Trinajstić information content (AvgIpc) is 2.82. The van der Waals surface area contributed by atoms with Crippen LogP contribution in [0.15, 0.2) is 72.8 Å². The van der Waals surface area contributed by atoms with Crippen LogP contribution in [-0.4, -0.2) is 29.2 Å². The molecule has 0 spiro atoms. The minimum Gasteiger partial charge on any atom is -0.508 e. The minimum atomic E-state index is -2.78. The fourth-order valence-corrected chi connectivity index (χ4v) is 5.02. The van der Waals surface area contributed by atoms with E-state index >= 15 is 8.78 Å². The Morgan fingerprint density at radius 1 is 1.06 bits per heavy atom. The number of aliphatic carboxylic acids is 1. The van der Waals surface area contributed by atoms with E-state index in [9.17, 15) is 9.90 Å². The number of halogens is 2. The second kappa shape index (κ2) is 9.90. The van der Waals surface area contributed by atoms with Gasteiger partial charge in [0.25, 0.3) is 6.43 Å². The molecule has 0 aliphatic carbocycles. The van der Waals surface area contributed by atoms with Gasteiger partial charge in [0.2, 0.25) is 0 Å². The molecule has 0 saturated heterocycles. The third-order valence-electron chi connectivity index (χ3n) is 6.51. The molecule has 0 amide bonds. The molecule has 0 aromatic heterocycles. The van der Waals surface area contributed by atoms with Gasteiger partial charge in [-0.15, -0.1) is 0 Å². The van der Waals surface area contributed by atoms with Crippen molar-refractivity contribution in [2.24, 2.45) is 5.92 Å². The molecule has 6 heteroatoms. The summed E-state index contributed by atoms with van der Waals surface area (Å²) in [6.07, 6.45) is 1.10. The topological polar surface area (TPSA) is 60.8 Å². The summed E-state index contributed by atoms with van der Waals surface area (Å²) < 4.78 is 30.8. The van der Waals surface area contributed by atoms with Crippen LogP contribution in [0.1, 0.15) is 41.7 Å². The highest BCUT2D eigenvalue weighted by Crippen LogP contribution is 2.48. The second-order valence-electron chi connectivity index (χ2n) is 9.37. The van der Waals surface area contributed by atoms with E-state index in [1.165, 1.54) is 12.1 Å². The standard InChI is InChI=1S/C29H29F2NO3/c1-19(2)17-21-5-10-24(11-6-21)32-16-15-22-18-25(33)12-13-26(22)29(32,28(30)31)23-8-3-20(4-9-23)7-14-27(34)35/h3-14,18-19,28,33H,15-17H2,1-2H3,(H,34,35). The van der Waals surface area contributed by atoms with Gasteiger partial charge in [-0.3, -0.25) is 0 Å². The highest BCUT2D eigenvalue weighted by atomic mass is 19.3. The van der Waals surface area contributed by atoms with Crippen LogP contribution in [-0.2, 0) is 23.2 Å². The van der Waals surface area contributed by atoms with E-state index in [4.69, 9.17) is 5.11 Å². The minimum absolute atomic E-state index is 0.0487. The first-order valence-corrected chi connectivity index (χ1v) is 11.7. The van der Waals surface area contributed by atoms with Crippen LogP contribution in [0.4, 0.5) is 14.5 Å². The summed E-state index contributed by atoms with van der Waals surface area (Å²) in [6, 6.07) is 19.0. The first kappa shape index (κ1) is 24.5. The summed E-state index contributed by atoms with van der Waals surface area (Å²) in [6.45, 7) is 4.63. The van der Waals surface area contributed by atoms with E-state index in [2.05, 4.69) is 13.8 Å². The number of hydrogen-bond donors (Lipinski definition) is 2. The lowest BCUT2D eigenvalue weighted by Crippen LogP contribution is -2.56. The fourth-order valence-electron chi connectivity index (χ4n) is 5.02. The first-order chi connectivity index (χ1) is 16.7. The number of hydrogen-bond acceptors (Lipinski definition) is 3. The molecule has 1 aliphatic heterocycles. The summed E-state index contributed by atoms with van der Waals surface area (Å²) in [5.74, 6) is -0.539. The summed E-state index contributed by atoms with van der Waals surface area (Å²) in [5.41, 5.74) is 2.24. The number of phenolic OH excluding ortho intramolecular Hbond substituents is 1.